The lowest BCUT2D eigenvalue weighted by molar-refractivity contribution is 0.426. The van der Waals surface area contributed by atoms with Crippen LogP contribution in [0.15, 0.2) is 6.20 Å². The predicted molar refractivity (Wildman–Crippen MR) is 56.1 cm³/mol. The van der Waals surface area contributed by atoms with E-state index in [-0.39, 0.29) is 0 Å². The van der Waals surface area contributed by atoms with Gasteiger partial charge in [0, 0.05) is 11.8 Å². The molecule has 13 heavy (non-hydrogen) atoms. The Morgan fingerprint density at radius 1 is 1.46 bits per heavy atom. The molecule has 2 nitrogen and oxygen atoms in total. The number of aryl methyl sites for hydroxylation is 1. The molecule has 0 radical (unpaired) electrons. The van der Waals surface area contributed by atoms with E-state index >= 15 is 0 Å². The highest BCUT2D eigenvalue weighted by atomic mass is 35.5. The Kier molecular flexibility index (Phi) is 3.79. The van der Waals surface area contributed by atoms with Crippen molar-refractivity contribution >= 4 is 11.6 Å². The van der Waals surface area contributed by atoms with E-state index in [2.05, 4.69) is 25.1 Å². The quantitative estimate of drug-likeness (QED) is 0.682. The molecule has 3 heteroatoms. The van der Waals surface area contributed by atoms with Crippen LogP contribution in [0.2, 0.25) is 0 Å². The van der Waals surface area contributed by atoms with E-state index < -0.39 is 0 Å². The minimum Gasteiger partial charge on any atom is -0.269 e. The summed E-state index contributed by atoms with van der Waals surface area (Å²) in [6.45, 7) is 6.38. The van der Waals surface area contributed by atoms with Gasteiger partial charge in [0.05, 0.1) is 17.6 Å². The first-order valence-electron chi connectivity index (χ1n) is 4.83. The summed E-state index contributed by atoms with van der Waals surface area (Å²) in [5.41, 5.74) is 2.20. The van der Waals surface area contributed by atoms with Crippen LogP contribution < -0.4 is 0 Å². The molecule has 0 bridgehead atoms. The minimum atomic E-state index is 0.524. The number of halogens is 1. The average molecular weight is 201 g/mol. The molecular formula is C10H17ClN2. The highest BCUT2D eigenvalue weighted by Crippen LogP contribution is 2.17. The van der Waals surface area contributed by atoms with E-state index in [0.717, 1.165) is 24.1 Å². The third-order valence-corrected chi connectivity index (χ3v) is 2.77. The van der Waals surface area contributed by atoms with Gasteiger partial charge in [-0.25, -0.2) is 0 Å². The van der Waals surface area contributed by atoms with Crippen LogP contribution in [-0.2, 0) is 5.88 Å². The maximum atomic E-state index is 5.78. The summed E-state index contributed by atoms with van der Waals surface area (Å²) < 4.78 is 2.05. The van der Waals surface area contributed by atoms with Crippen molar-refractivity contribution < 1.29 is 0 Å². The molecule has 0 amide bonds. The molecule has 1 aromatic rings. The lowest BCUT2D eigenvalue weighted by atomic mass is 10.2. The number of alkyl halides is 1. The fourth-order valence-electron chi connectivity index (χ4n) is 1.50. The van der Waals surface area contributed by atoms with Crippen molar-refractivity contribution in [2.24, 2.45) is 0 Å². The highest BCUT2D eigenvalue weighted by Gasteiger charge is 2.09. The molecule has 0 aliphatic carbocycles. The second kappa shape index (κ2) is 4.66. The highest BCUT2D eigenvalue weighted by molar-refractivity contribution is 6.17. The van der Waals surface area contributed by atoms with Crippen LogP contribution in [0.25, 0.3) is 0 Å². The van der Waals surface area contributed by atoms with Gasteiger partial charge >= 0.3 is 0 Å². The Morgan fingerprint density at radius 3 is 2.46 bits per heavy atom. The zero-order valence-electron chi connectivity index (χ0n) is 8.55. The summed E-state index contributed by atoms with van der Waals surface area (Å²) in [5, 5.41) is 4.46. The lowest BCUT2D eigenvalue weighted by Gasteiger charge is -2.12. The van der Waals surface area contributed by atoms with Crippen LogP contribution in [0.3, 0.4) is 0 Å². The third-order valence-electron chi connectivity index (χ3n) is 2.48. The maximum Gasteiger partial charge on any atom is 0.0637 e. The van der Waals surface area contributed by atoms with E-state index in [1.165, 1.54) is 0 Å². The van der Waals surface area contributed by atoms with Crippen molar-refractivity contribution in [3.05, 3.63) is 17.5 Å². The fraction of sp³-hybridized carbons (Fsp3) is 0.700. The van der Waals surface area contributed by atoms with Crippen molar-refractivity contribution in [2.45, 2.75) is 45.5 Å². The number of hydrogen-bond acceptors (Lipinski definition) is 1. The smallest absolute Gasteiger partial charge is 0.0637 e. The van der Waals surface area contributed by atoms with E-state index in [0.29, 0.717) is 11.9 Å². The van der Waals surface area contributed by atoms with Crippen LogP contribution in [0.1, 0.15) is 44.0 Å². The van der Waals surface area contributed by atoms with Crippen molar-refractivity contribution in [3.8, 4) is 0 Å². The molecule has 0 N–H and O–H groups in total. The number of rotatable bonds is 4. The van der Waals surface area contributed by atoms with Crippen LogP contribution in [0.5, 0.6) is 0 Å². The van der Waals surface area contributed by atoms with E-state index in [4.69, 9.17) is 11.6 Å². The summed E-state index contributed by atoms with van der Waals surface area (Å²) in [4.78, 5) is 0. The van der Waals surface area contributed by atoms with Gasteiger partial charge in [-0.3, -0.25) is 4.68 Å². The van der Waals surface area contributed by atoms with Crippen molar-refractivity contribution in [1.29, 1.82) is 0 Å². The van der Waals surface area contributed by atoms with Gasteiger partial charge in [0.1, 0.15) is 0 Å². The Labute approximate surface area is 84.9 Å². The molecule has 0 atom stereocenters. The largest absolute Gasteiger partial charge is 0.269 e. The first-order valence-corrected chi connectivity index (χ1v) is 5.36. The van der Waals surface area contributed by atoms with Crippen LogP contribution >= 0.6 is 11.6 Å². The van der Waals surface area contributed by atoms with Gasteiger partial charge in [-0.2, -0.15) is 5.10 Å². The predicted octanol–water partition coefficient (Wildman–Crippen LogP) is 3.29. The molecule has 0 aromatic carbocycles. The molecule has 0 unspecified atom stereocenters. The standard InChI is InChI=1S/C10H17ClN2/c1-4-10(5-2)13-7-9(6-11)8(3)12-13/h7,10H,4-6H2,1-3H3. The number of nitrogens with zero attached hydrogens (tertiary/aromatic N) is 2. The summed E-state index contributed by atoms with van der Waals surface area (Å²) in [6, 6.07) is 0.524. The van der Waals surface area contributed by atoms with Crippen LogP contribution in [0, 0.1) is 6.92 Å². The average Bonchev–Trinajstić information content (AvgIpc) is 2.49. The Bertz CT molecular complexity index is 264. The van der Waals surface area contributed by atoms with Gasteiger partial charge in [0.2, 0.25) is 0 Å². The van der Waals surface area contributed by atoms with Crippen LogP contribution in [-0.4, -0.2) is 9.78 Å². The molecule has 0 saturated carbocycles. The Hall–Kier alpha value is -0.500. The molecule has 74 valence electrons. The van der Waals surface area contributed by atoms with E-state index in [9.17, 15) is 0 Å². The molecular weight excluding hydrogens is 184 g/mol. The molecule has 0 aliphatic rings. The van der Waals surface area contributed by atoms with Crippen LogP contribution in [0.4, 0.5) is 0 Å². The fourth-order valence-corrected chi connectivity index (χ4v) is 1.76. The molecule has 0 fully saturated rings. The van der Waals surface area contributed by atoms with Gasteiger partial charge in [0.25, 0.3) is 0 Å². The van der Waals surface area contributed by atoms with E-state index in [1.54, 1.807) is 0 Å². The van der Waals surface area contributed by atoms with Gasteiger partial charge < -0.3 is 0 Å². The summed E-state index contributed by atoms with van der Waals surface area (Å²) in [7, 11) is 0. The molecule has 0 aliphatic heterocycles. The molecule has 0 spiro atoms. The zero-order valence-corrected chi connectivity index (χ0v) is 9.30. The van der Waals surface area contributed by atoms with Gasteiger partial charge in [-0.1, -0.05) is 13.8 Å². The first-order chi connectivity index (χ1) is 6.22. The molecule has 1 rings (SSSR count). The lowest BCUT2D eigenvalue weighted by Crippen LogP contribution is -2.07. The van der Waals surface area contributed by atoms with E-state index in [1.807, 2.05) is 11.6 Å². The summed E-state index contributed by atoms with van der Waals surface area (Å²) >= 11 is 5.78. The molecule has 1 heterocycles. The Morgan fingerprint density at radius 2 is 2.08 bits per heavy atom. The SMILES string of the molecule is CCC(CC)n1cc(CCl)c(C)n1. The number of aromatic nitrogens is 2. The van der Waals surface area contributed by atoms with Gasteiger partial charge in [0.15, 0.2) is 0 Å². The Balaban J connectivity index is 2.88. The monoisotopic (exact) mass is 200 g/mol. The molecule has 1 aromatic heterocycles. The second-order valence-electron chi connectivity index (χ2n) is 3.32. The maximum absolute atomic E-state index is 5.78. The summed E-state index contributed by atoms with van der Waals surface area (Å²) in [5.74, 6) is 0.561. The minimum absolute atomic E-state index is 0.524. The normalized spacial score (nSPS) is 11.2. The van der Waals surface area contributed by atoms with Crippen molar-refractivity contribution in [1.82, 2.24) is 9.78 Å². The third kappa shape index (κ3) is 2.25. The number of hydrogen-bond donors (Lipinski definition) is 0. The first kappa shape index (κ1) is 10.6. The van der Waals surface area contributed by atoms with Gasteiger partial charge in [-0.15, -0.1) is 11.6 Å². The second-order valence-corrected chi connectivity index (χ2v) is 3.59. The summed E-state index contributed by atoms with van der Waals surface area (Å²) in [6.07, 6.45) is 4.32. The van der Waals surface area contributed by atoms with Gasteiger partial charge in [-0.05, 0) is 19.8 Å². The topological polar surface area (TPSA) is 17.8 Å². The van der Waals surface area contributed by atoms with Crippen molar-refractivity contribution in [3.63, 3.8) is 0 Å². The van der Waals surface area contributed by atoms with Crippen molar-refractivity contribution in [2.75, 3.05) is 0 Å². The zero-order chi connectivity index (χ0) is 9.84. The molecule has 0 saturated heterocycles.